The molecule has 2 aromatic rings. The van der Waals surface area contributed by atoms with Crippen molar-refractivity contribution in [3.8, 4) is 0 Å². The molecule has 2 nitrogen and oxygen atoms in total. The minimum absolute atomic E-state index is 0.391. The lowest BCUT2D eigenvalue weighted by Gasteiger charge is -2.34. The van der Waals surface area contributed by atoms with Crippen LogP contribution in [-0.2, 0) is 19.0 Å². The molecule has 0 unspecified atom stereocenters. The fraction of sp³-hybridized carbons (Fsp3) is 0.455. The molecule has 0 aliphatic carbocycles. The molecule has 0 radical (unpaired) electrons. The molecule has 0 bridgehead atoms. The number of rotatable bonds is 4. The van der Waals surface area contributed by atoms with Gasteiger partial charge < -0.3 is 4.90 Å². The van der Waals surface area contributed by atoms with E-state index in [2.05, 4.69) is 22.9 Å². The second kappa shape index (κ2) is 8.60. The normalized spacial score (nSPS) is 15.7. The molecule has 6 heteroatoms. The molecule has 0 N–H and O–H groups in total. The Morgan fingerprint density at radius 1 is 1.14 bits per heavy atom. The second-order valence-corrected chi connectivity index (χ2v) is 8.15. The number of nitrogens with zero attached hydrogens (tertiary/aromatic N) is 2. The first-order chi connectivity index (χ1) is 13.2. The molecule has 0 spiro atoms. The predicted octanol–water partition coefficient (Wildman–Crippen LogP) is 5.54. The van der Waals surface area contributed by atoms with Gasteiger partial charge in [-0.05, 0) is 68.4 Å². The number of alkyl halides is 3. The summed E-state index contributed by atoms with van der Waals surface area (Å²) in [5.74, 6) is 0.391. The molecule has 2 heterocycles. The maximum absolute atomic E-state index is 12.9. The third-order valence-electron chi connectivity index (χ3n) is 5.23. The van der Waals surface area contributed by atoms with Crippen LogP contribution in [0.15, 0.2) is 36.4 Å². The SMILES string of the molecule is Cc1cc(C)nc(CC(=S)N2CCC(Cc3cccc(C(F)(F)F)c3)CC2)c1. The van der Waals surface area contributed by atoms with Gasteiger partial charge in [-0.25, -0.2) is 0 Å². The number of thiocarbonyl (C=S) groups is 1. The van der Waals surface area contributed by atoms with Crippen LogP contribution < -0.4 is 0 Å². The van der Waals surface area contributed by atoms with Crippen LogP contribution in [0.25, 0.3) is 0 Å². The molecule has 3 rings (SSSR count). The average molecular weight is 407 g/mol. The van der Waals surface area contributed by atoms with Crippen molar-refractivity contribution in [1.82, 2.24) is 9.88 Å². The second-order valence-electron chi connectivity index (χ2n) is 7.68. The summed E-state index contributed by atoms with van der Waals surface area (Å²) in [7, 11) is 0. The average Bonchev–Trinajstić information content (AvgIpc) is 2.61. The Labute approximate surface area is 169 Å². The summed E-state index contributed by atoms with van der Waals surface area (Å²) in [4.78, 5) is 7.68. The highest BCUT2D eigenvalue weighted by atomic mass is 32.1. The van der Waals surface area contributed by atoms with Crippen molar-refractivity contribution < 1.29 is 13.2 Å². The lowest BCUT2D eigenvalue weighted by molar-refractivity contribution is -0.137. The molecule has 1 aromatic carbocycles. The quantitative estimate of drug-likeness (QED) is 0.620. The van der Waals surface area contributed by atoms with Crippen molar-refractivity contribution in [2.45, 2.75) is 45.7 Å². The zero-order chi connectivity index (χ0) is 20.3. The Morgan fingerprint density at radius 3 is 2.50 bits per heavy atom. The van der Waals surface area contributed by atoms with Crippen LogP contribution in [-0.4, -0.2) is 28.0 Å². The summed E-state index contributed by atoms with van der Waals surface area (Å²) < 4.78 is 38.7. The smallest absolute Gasteiger partial charge is 0.366 e. The Hall–Kier alpha value is -1.95. The van der Waals surface area contributed by atoms with Crippen LogP contribution in [0.5, 0.6) is 0 Å². The fourth-order valence-corrected chi connectivity index (χ4v) is 4.21. The van der Waals surface area contributed by atoms with E-state index < -0.39 is 11.7 Å². The van der Waals surface area contributed by atoms with Crippen LogP contribution in [0.3, 0.4) is 0 Å². The van der Waals surface area contributed by atoms with Crippen molar-refractivity contribution in [1.29, 1.82) is 0 Å². The van der Waals surface area contributed by atoms with Gasteiger partial charge in [-0.3, -0.25) is 4.98 Å². The third-order valence-corrected chi connectivity index (χ3v) is 5.63. The van der Waals surface area contributed by atoms with Crippen molar-refractivity contribution >= 4 is 17.2 Å². The standard InChI is InChI=1S/C22H25F3N2S/c1-15-10-16(2)26-20(11-15)14-21(28)27-8-6-17(7-9-27)12-18-4-3-5-19(13-18)22(23,24)25/h3-5,10-11,13,17H,6-9,12,14H2,1-2H3. The largest absolute Gasteiger partial charge is 0.416 e. The maximum atomic E-state index is 12.9. The highest BCUT2D eigenvalue weighted by Crippen LogP contribution is 2.31. The van der Waals surface area contributed by atoms with Gasteiger partial charge in [0.1, 0.15) is 0 Å². The van der Waals surface area contributed by atoms with Gasteiger partial charge in [0.15, 0.2) is 0 Å². The van der Waals surface area contributed by atoms with Gasteiger partial charge in [0.2, 0.25) is 0 Å². The Bertz CT molecular complexity index is 820. The number of piperidine rings is 1. The number of hydrogen-bond donors (Lipinski definition) is 0. The van der Waals surface area contributed by atoms with E-state index in [4.69, 9.17) is 12.2 Å². The summed E-state index contributed by atoms with van der Waals surface area (Å²) in [6, 6.07) is 9.82. The van der Waals surface area contributed by atoms with Gasteiger partial charge in [-0.2, -0.15) is 13.2 Å². The lowest BCUT2D eigenvalue weighted by Crippen LogP contribution is -2.39. The molecular weight excluding hydrogens is 381 g/mol. The number of aryl methyl sites for hydroxylation is 2. The maximum Gasteiger partial charge on any atom is 0.416 e. The van der Waals surface area contributed by atoms with Crippen LogP contribution in [0.1, 0.15) is 40.9 Å². The van der Waals surface area contributed by atoms with Crippen molar-refractivity contribution in [2.75, 3.05) is 13.1 Å². The number of halogens is 3. The molecule has 1 saturated heterocycles. The van der Waals surface area contributed by atoms with E-state index in [1.807, 2.05) is 13.0 Å². The fourth-order valence-electron chi connectivity index (χ4n) is 3.88. The Kier molecular flexibility index (Phi) is 6.38. The molecule has 1 fully saturated rings. The summed E-state index contributed by atoms with van der Waals surface area (Å²) in [5.41, 5.74) is 3.37. The lowest BCUT2D eigenvalue weighted by atomic mass is 9.89. The summed E-state index contributed by atoms with van der Waals surface area (Å²) in [6.07, 6.45) is -1.06. The molecular formula is C22H25F3N2S. The minimum atomic E-state index is -4.28. The number of hydrogen-bond acceptors (Lipinski definition) is 2. The van der Waals surface area contributed by atoms with E-state index in [1.165, 1.54) is 17.7 Å². The number of benzene rings is 1. The molecule has 1 aromatic heterocycles. The van der Waals surface area contributed by atoms with Gasteiger partial charge in [-0.15, -0.1) is 0 Å². The van der Waals surface area contributed by atoms with Gasteiger partial charge in [-0.1, -0.05) is 30.4 Å². The molecule has 0 amide bonds. The topological polar surface area (TPSA) is 16.1 Å². The monoisotopic (exact) mass is 406 g/mol. The number of pyridine rings is 1. The van der Waals surface area contributed by atoms with E-state index in [0.717, 1.165) is 53.9 Å². The molecule has 28 heavy (non-hydrogen) atoms. The van der Waals surface area contributed by atoms with Gasteiger partial charge in [0, 0.05) is 30.9 Å². The first-order valence-electron chi connectivity index (χ1n) is 9.59. The zero-order valence-corrected chi connectivity index (χ0v) is 17.0. The Morgan fingerprint density at radius 2 is 1.86 bits per heavy atom. The van der Waals surface area contributed by atoms with Gasteiger partial charge in [0.25, 0.3) is 0 Å². The first kappa shape index (κ1) is 20.8. The predicted molar refractivity (Wildman–Crippen MR) is 109 cm³/mol. The molecule has 150 valence electrons. The van der Waals surface area contributed by atoms with Gasteiger partial charge in [0.05, 0.1) is 10.6 Å². The summed E-state index contributed by atoms with van der Waals surface area (Å²) >= 11 is 5.63. The van der Waals surface area contributed by atoms with E-state index in [-0.39, 0.29) is 0 Å². The van der Waals surface area contributed by atoms with E-state index in [1.54, 1.807) is 6.07 Å². The van der Waals surface area contributed by atoms with Crippen LogP contribution >= 0.6 is 12.2 Å². The van der Waals surface area contributed by atoms with E-state index >= 15 is 0 Å². The van der Waals surface area contributed by atoms with E-state index in [0.29, 0.717) is 18.8 Å². The molecule has 0 atom stereocenters. The zero-order valence-electron chi connectivity index (χ0n) is 16.2. The van der Waals surface area contributed by atoms with Crippen molar-refractivity contribution in [2.24, 2.45) is 5.92 Å². The number of likely N-dealkylation sites (tertiary alicyclic amines) is 1. The minimum Gasteiger partial charge on any atom is -0.366 e. The number of aromatic nitrogens is 1. The first-order valence-corrected chi connectivity index (χ1v) is 9.99. The molecule has 0 saturated carbocycles. The van der Waals surface area contributed by atoms with Crippen LogP contribution in [0.2, 0.25) is 0 Å². The summed E-state index contributed by atoms with van der Waals surface area (Å²) in [6.45, 7) is 5.75. The van der Waals surface area contributed by atoms with E-state index in [9.17, 15) is 13.2 Å². The van der Waals surface area contributed by atoms with Gasteiger partial charge >= 0.3 is 6.18 Å². The van der Waals surface area contributed by atoms with Crippen LogP contribution in [0, 0.1) is 19.8 Å². The highest BCUT2D eigenvalue weighted by Gasteiger charge is 2.30. The molecule has 1 aliphatic heterocycles. The van der Waals surface area contributed by atoms with Crippen molar-refractivity contribution in [3.05, 3.63) is 64.5 Å². The van der Waals surface area contributed by atoms with Crippen molar-refractivity contribution in [3.63, 3.8) is 0 Å². The third kappa shape index (κ3) is 5.53. The highest BCUT2D eigenvalue weighted by molar-refractivity contribution is 7.80. The Balaban J connectivity index is 1.53. The molecule has 1 aliphatic rings. The summed E-state index contributed by atoms with van der Waals surface area (Å²) in [5, 5.41) is 0. The van der Waals surface area contributed by atoms with Crippen LogP contribution in [0.4, 0.5) is 13.2 Å².